The van der Waals surface area contributed by atoms with Crippen LogP contribution in [0.2, 0.25) is 0 Å². The number of rotatable bonds is 3. The van der Waals surface area contributed by atoms with Gasteiger partial charge in [-0.1, -0.05) is 6.07 Å². The lowest BCUT2D eigenvalue weighted by atomic mass is 10.1. The van der Waals surface area contributed by atoms with E-state index in [1.807, 2.05) is 0 Å². The number of carbonyl (C=O) groups is 1. The van der Waals surface area contributed by atoms with Crippen LogP contribution in [0.1, 0.15) is 16.1 Å². The number of ether oxygens (including phenoxy) is 1. The van der Waals surface area contributed by atoms with E-state index in [4.69, 9.17) is 5.73 Å². The molecule has 0 fully saturated rings. The van der Waals surface area contributed by atoms with Crippen LogP contribution < -0.4 is 10.5 Å². The van der Waals surface area contributed by atoms with Gasteiger partial charge < -0.3 is 10.5 Å². The number of anilines is 1. The Morgan fingerprint density at radius 1 is 1.20 bits per heavy atom. The highest BCUT2D eigenvalue weighted by molar-refractivity contribution is 6.11. The number of nitrogens with two attached hydrogens (primary N) is 1. The van der Waals surface area contributed by atoms with E-state index in [0.717, 1.165) is 12.1 Å². The maximum atomic E-state index is 12.1. The van der Waals surface area contributed by atoms with Crippen molar-refractivity contribution < 1.29 is 22.7 Å². The Morgan fingerprint density at radius 2 is 1.95 bits per heavy atom. The molecule has 1 heterocycles. The summed E-state index contributed by atoms with van der Waals surface area (Å²) in [6, 6.07) is 7.90. The normalized spacial score (nSPS) is 11.2. The lowest BCUT2D eigenvalue weighted by molar-refractivity contribution is -0.274. The molecule has 0 saturated heterocycles. The molecule has 0 saturated carbocycles. The van der Waals surface area contributed by atoms with Gasteiger partial charge in [-0.3, -0.25) is 9.78 Å². The van der Waals surface area contributed by atoms with Gasteiger partial charge in [0.05, 0.1) is 0 Å². The molecule has 2 aromatic rings. The predicted molar refractivity (Wildman–Crippen MR) is 65.2 cm³/mol. The molecule has 104 valence electrons. The Bertz CT molecular complexity index is 627. The fourth-order valence-corrected chi connectivity index (χ4v) is 1.58. The van der Waals surface area contributed by atoms with Crippen molar-refractivity contribution in [1.82, 2.24) is 4.98 Å². The maximum Gasteiger partial charge on any atom is 0.573 e. The predicted octanol–water partition coefficient (Wildman–Crippen LogP) is 2.79. The molecule has 0 atom stereocenters. The van der Waals surface area contributed by atoms with E-state index in [1.54, 1.807) is 12.1 Å². The topological polar surface area (TPSA) is 65.2 Å². The second-order valence-electron chi connectivity index (χ2n) is 3.84. The van der Waals surface area contributed by atoms with Gasteiger partial charge >= 0.3 is 6.36 Å². The first-order valence-corrected chi connectivity index (χ1v) is 5.48. The maximum absolute atomic E-state index is 12.1. The van der Waals surface area contributed by atoms with Gasteiger partial charge in [-0.05, 0) is 24.3 Å². The van der Waals surface area contributed by atoms with Crippen LogP contribution in [0.25, 0.3) is 0 Å². The van der Waals surface area contributed by atoms with Crippen LogP contribution in [0.4, 0.5) is 18.9 Å². The van der Waals surface area contributed by atoms with E-state index in [9.17, 15) is 18.0 Å². The zero-order chi connectivity index (χ0) is 14.8. The first-order valence-electron chi connectivity index (χ1n) is 5.48. The number of nitrogens with zero attached hydrogens (tertiary/aromatic N) is 1. The number of alkyl halides is 3. The number of halogens is 3. The number of ketones is 1. The van der Waals surface area contributed by atoms with E-state index in [1.165, 1.54) is 18.3 Å². The van der Waals surface area contributed by atoms with E-state index in [-0.39, 0.29) is 16.9 Å². The third kappa shape index (κ3) is 3.25. The fraction of sp³-hybridized carbons (Fsp3) is 0.0769. The summed E-state index contributed by atoms with van der Waals surface area (Å²) in [5, 5.41) is 0. The van der Waals surface area contributed by atoms with Crippen LogP contribution in [0.15, 0.2) is 42.6 Å². The smallest absolute Gasteiger partial charge is 0.406 e. The van der Waals surface area contributed by atoms with E-state index >= 15 is 0 Å². The summed E-state index contributed by atoms with van der Waals surface area (Å²) in [6.45, 7) is 0. The quantitative estimate of drug-likeness (QED) is 0.694. The molecule has 1 aromatic heterocycles. The molecular weight excluding hydrogens is 273 g/mol. The van der Waals surface area contributed by atoms with Gasteiger partial charge in [-0.2, -0.15) is 0 Å². The van der Waals surface area contributed by atoms with Crippen molar-refractivity contribution in [2.24, 2.45) is 0 Å². The van der Waals surface area contributed by atoms with Gasteiger partial charge in [-0.25, -0.2) is 0 Å². The van der Waals surface area contributed by atoms with Crippen molar-refractivity contribution >= 4 is 11.5 Å². The van der Waals surface area contributed by atoms with E-state index < -0.39 is 17.9 Å². The number of benzene rings is 1. The van der Waals surface area contributed by atoms with Crippen LogP contribution in [0.5, 0.6) is 5.75 Å². The average Bonchev–Trinajstić information content (AvgIpc) is 2.37. The summed E-state index contributed by atoms with van der Waals surface area (Å²) in [5.41, 5.74) is 5.70. The fourth-order valence-electron chi connectivity index (χ4n) is 1.58. The average molecular weight is 282 g/mol. The molecule has 4 nitrogen and oxygen atoms in total. The Labute approximate surface area is 112 Å². The third-order valence-corrected chi connectivity index (χ3v) is 2.40. The number of hydrogen-bond acceptors (Lipinski definition) is 4. The number of pyridine rings is 1. The molecule has 1 aromatic carbocycles. The van der Waals surface area contributed by atoms with Crippen molar-refractivity contribution in [3.8, 4) is 5.75 Å². The molecule has 2 N–H and O–H groups in total. The number of nitrogen functional groups attached to an aromatic ring is 1. The molecule has 2 rings (SSSR count). The minimum absolute atomic E-state index is 0.0678. The molecular formula is C13H9F3N2O2. The van der Waals surface area contributed by atoms with Crippen LogP contribution >= 0.6 is 0 Å². The molecule has 0 aliphatic carbocycles. The molecule has 0 unspecified atom stereocenters. The highest BCUT2D eigenvalue weighted by atomic mass is 19.4. The summed E-state index contributed by atoms with van der Waals surface area (Å²) in [6.07, 6.45) is -3.37. The number of aromatic nitrogens is 1. The van der Waals surface area contributed by atoms with Crippen molar-refractivity contribution in [1.29, 1.82) is 0 Å². The highest BCUT2D eigenvalue weighted by Crippen LogP contribution is 2.27. The van der Waals surface area contributed by atoms with Gasteiger partial charge in [0.1, 0.15) is 11.4 Å². The van der Waals surface area contributed by atoms with Crippen LogP contribution in [0.3, 0.4) is 0 Å². The van der Waals surface area contributed by atoms with Crippen molar-refractivity contribution in [2.45, 2.75) is 6.36 Å². The van der Waals surface area contributed by atoms with Gasteiger partial charge in [0.2, 0.25) is 5.78 Å². The molecule has 0 bridgehead atoms. The summed E-state index contributed by atoms with van der Waals surface area (Å²) in [4.78, 5) is 15.9. The molecule has 20 heavy (non-hydrogen) atoms. The second kappa shape index (κ2) is 5.20. The SMILES string of the molecule is Nc1cc(OC(F)(F)F)ccc1C(=O)c1ccccn1. The zero-order valence-electron chi connectivity index (χ0n) is 10.0. The molecule has 0 aliphatic rings. The number of hydrogen-bond donors (Lipinski definition) is 1. The first-order chi connectivity index (χ1) is 9.37. The summed E-state index contributed by atoms with van der Waals surface area (Å²) >= 11 is 0. The van der Waals surface area contributed by atoms with Gasteiger partial charge in [0.15, 0.2) is 0 Å². The molecule has 0 amide bonds. The van der Waals surface area contributed by atoms with Gasteiger partial charge in [-0.15, -0.1) is 13.2 Å². The van der Waals surface area contributed by atoms with Crippen molar-refractivity contribution in [3.63, 3.8) is 0 Å². The Kier molecular flexibility index (Phi) is 3.60. The first kappa shape index (κ1) is 13.9. The minimum Gasteiger partial charge on any atom is -0.406 e. The molecule has 0 aliphatic heterocycles. The molecule has 7 heteroatoms. The largest absolute Gasteiger partial charge is 0.573 e. The Morgan fingerprint density at radius 3 is 2.50 bits per heavy atom. The standard InChI is InChI=1S/C13H9F3N2O2/c14-13(15,16)20-8-4-5-9(10(17)7-8)12(19)11-3-1-2-6-18-11/h1-7H,17H2. The van der Waals surface area contributed by atoms with Crippen molar-refractivity contribution in [2.75, 3.05) is 5.73 Å². The minimum atomic E-state index is -4.81. The van der Waals surface area contributed by atoms with Gasteiger partial charge in [0.25, 0.3) is 0 Å². The Balaban J connectivity index is 2.29. The second-order valence-corrected chi connectivity index (χ2v) is 3.84. The Hall–Kier alpha value is -2.57. The highest BCUT2D eigenvalue weighted by Gasteiger charge is 2.31. The van der Waals surface area contributed by atoms with Crippen molar-refractivity contribution in [3.05, 3.63) is 53.9 Å². The molecule has 0 radical (unpaired) electrons. The van der Waals surface area contributed by atoms with Crippen LogP contribution in [-0.2, 0) is 0 Å². The van der Waals surface area contributed by atoms with E-state index in [0.29, 0.717) is 0 Å². The van der Waals surface area contributed by atoms with Gasteiger partial charge in [0, 0.05) is 23.5 Å². The third-order valence-electron chi connectivity index (χ3n) is 2.40. The summed E-state index contributed by atoms with van der Waals surface area (Å²) in [5.74, 6) is -0.950. The van der Waals surface area contributed by atoms with Crippen LogP contribution in [-0.4, -0.2) is 17.1 Å². The monoisotopic (exact) mass is 282 g/mol. The lowest BCUT2D eigenvalue weighted by Crippen LogP contribution is -2.17. The molecule has 0 spiro atoms. The van der Waals surface area contributed by atoms with Crippen LogP contribution in [0, 0.1) is 0 Å². The lowest BCUT2D eigenvalue weighted by Gasteiger charge is -2.11. The summed E-state index contributed by atoms with van der Waals surface area (Å²) < 4.78 is 39.9. The zero-order valence-corrected chi connectivity index (χ0v) is 10.0. The number of carbonyl (C=O) groups excluding carboxylic acids is 1. The van der Waals surface area contributed by atoms with E-state index in [2.05, 4.69) is 9.72 Å². The summed E-state index contributed by atoms with van der Waals surface area (Å²) in [7, 11) is 0.